The number of aliphatic hydroxyl groups is 1. The Kier molecular flexibility index (Phi) is 3.61. The number of hydrogen-bond acceptors (Lipinski definition) is 3. The zero-order valence-corrected chi connectivity index (χ0v) is 9.89. The zero-order valence-electron chi connectivity index (χ0n) is 9.89. The van der Waals surface area contributed by atoms with Gasteiger partial charge in [0, 0.05) is 24.0 Å². The Morgan fingerprint density at radius 3 is 3.12 bits per heavy atom. The van der Waals surface area contributed by atoms with Gasteiger partial charge in [0.05, 0.1) is 12.9 Å². The lowest BCUT2D eigenvalue weighted by Crippen LogP contribution is -2.46. The maximum Gasteiger partial charge on any atom is 0.0948 e. The summed E-state index contributed by atoms with van der Waals surface area (Å²) in [5.74, 6) is 0. The normalized spacial score (nSPS) is 29.8. The molecule has 2 rings (SSSR count). The molecule has 0 bridgehead atoms. The number of nitrogens with one attached hydrogen (secondary N) is 1. The van der Waals surface area contributed by atoms with Gasteiger partial charge in [-0.15, -0.1) is 0 Å². The number of nitrogens with zero attached hydrogens (tertiary/aromatic N) is 2. The summed E-state index contributed by atoms with van der Waals surface area (Å²) in [6.45, 7) is 3.37. The molecule has 1 fully saturated rings. The van der Waals surface area contributed by atoms with E-state index in [-0.39, 0.29) is 12.1 Å². The van der Waals surface area contributed by atoms with Crippen LogP contribution in [0.4, 0.5) is 0 Å². The Hall–Kier alpha value is -0.870. The van der Waals surface area contributed by atoms with Gasteiger partial charge in [0.2, 0.25) is 0 Å². The van der Waals surface area contributed by atoms with Crippen LogP contribution in [0.2, 0.25) is 0 Å². The Morgan fingerprint density at radius 2 is 2.50 bits per heavy atom. The first-order chi connectivity index (χ1) is 7.79. The van der Waals surface area contributed by atoms with Crippen molar-refractivity contribution < 1.29 is 5.11 Å². The number of imidazole rings is 1. The van der Waals surface area contributed by atoms with Crippen LogP contribution in [-0.2, 0) is 0 Å². The second-order valence-corrected chi connectivity index (χ2v) is 4.77. The van der Waals surface area contributed by atoms with E-state index in [1.54, 1.807) is 0 Å². The van der Waals surface area contributed by atoms with Gasteiger partial charge in [0.15, 0.2) is 0 Å². The van der Waals surface area contributed by atoms with Crippen LogP contribution in [0.25, 0.3) is 0 Å². The van der Waals surface area contributed by atoms with E-state index in [9.17, 15) is 5.11 Å². The molecule has 0 aliphatic heterocycles. The summed E-state index contributed by atoms with van der Waals surface area (Å²) in [5.41, 5.74) is -0.0645. The molecule has 1 saturated carbocycles. The maximum absolute atomic E-state index is 9.57. The van der Waals surface area contributed by atoms with Crippen LogP contribution in [0.15, 0.2) is 18.7 Å². The quantitative estimate of drug-likeness (QED) is 0.792. The molecule has 2 atom stereocenters. The van der Waals surface area contributed by atoms with Crippen molar-refractivity contribution in [1.29, 1.82) is 0 Å². The molecule has 1 aromatic heterocycles. The van der Waals surface area contributed by atoms with E-state index < -0.39 is 0 Å². The zero-order chi connectivity index (χ0) is 11.4. The molecular weight excluding hydrogens is 202 g/mol. The maximum atomic E-state index is 9.57. The van der Waals surface area contributed by atoms with Gasteiger partial charge in [0.25, 0.3) is 0 Å². The molecule has 0 radical (unpaired) electrons. The molecule has 90 valence electrons. The van der Waals surface area contributed by atoms with Crippen LogP contribution in [0.1, 0.15) is 38.6 Å². The number of aromatic nitrogens is 2. The molecule has 16 heavy (non-hydrogen) atoms. The predicted molar refractivity (Wildman–Crippen MR) is 63.2 cm³/mol. The summed E-state index contributed by atoms with van der Waals surface area (Å²) in [6.07, 6.45) is 9.98. The van der Waals surface area contributed by atoms with Crippen LogP contribution in [0.3, 0.4) is 0 Å². The van der Waals surface area contributed by atoms with Crippen molar-refractivity contribution in [3.63, 3.8) is 0 Å². The van der Waals surface area contributed by atoms with Crippen molar-refractivity contribution in [3.05, 3.63) is 18.7 Å². The highest BCUT2D eigenvalue weighted by atomic mass is 16.3. The molecule has 1 aromatic rings. The number of rotatable bonds is 5. The van der Waals surface area contributed by atoms with Gasteiger partial charge in [-0.3, -0.25) is 0 Å². The van der Waals surface area contributed by atoms with Crippen molar-refractivity contribution in [2.24, 2.45) is 0 Å². The third kappa shape index (κ3) is 2.28. The van der Waals surface area contributed by atoms with Gasteiger partial charge in [-0.2, -0.15) is 0 Å². The second kappa shape index (κ2) is 4.97. The van der Waals surface area contributed by atoms with Crippen LogP contribution >= 0.6 is 0 Å². The molecule has 4 nitrogen and oxygen atoms in total. The Labute approximate surface area is 96.7 Å². The fourth-order valence-electron chi connectivity index (χ4n) is 2.59. The van der Waals surface area contributed by atoms with Crippen molar-refractivity contribution in [1.82, 2.24) is 14.9 Å². The van der Waals surface area contributed by atoms with E-state index in [1.807, 2.05) is 18.7 Å². The van der Waals surface area contributed by atoms with Crippen LogP contribution in [0.5, 0.6) is 0 Å². The van der Waals surface area contributed by atoms with Crippen molar-refractivity contribution in [2.45, 2.75) is 44.2 Å². The molecule has 4 heteroatoms. The smallest absolute Gasteiger partial charge is 0.0948 e. The minimum Gasteiger partial charge on any atom is -0.394 e. The van der Waals surface area contributed by atoms with Gasteiger partial charge < -0.3 is 15.0 Å². The molecule has 1 heterocycles. The van der Waals surface area contributed by atoms with Gasteiger partial charge in [-0.05, 0) is 32.2 Å². The number of hydrogen-bond donors (Lipinski definition) is 2. The molecular formula is C12H21N3O. The summed E-state index contributed by atoms with van der Waals surface area (Å²) >= 11 is 0. The SMILES string of the molecule is CCCNC1(CO)CCC(n2ccnc2)C1. The predicted octanol–water partition coefficient (Wildman–Crippen LogP) is 1.34. The molecule has 0 aromatic carbocycles. The first kappa shape index (κ1) is 11.6. The summed E-state index contributed by atoms with van der Waals surface area (Å²) in [4.78, 5) is 4.08. The Morgan fingerprint density at radius 1 is 1.62 bits per heavy atom. The minimum absolute atomic E-state index is 0.0645. The summed E-state index contributed by atoms with van der Waals surface area (Å²) < 4.78 is 2.16. The fraction of sp³-hybridized carbons (Fsp3) is 0.750. The average molecular weight is 223 g/mol. The van der Waals surface area contributed by atoms with Gasteiger partial charge >= 0.3 is 0 Å². The molecule has 2 unspecified atom stereocenters. The molecule has 1 aliphatic carbocycles. The minimum atomic E-state index is -0.0645. The van der Waals surface area contributed by atoms with E-state index >= 15 is 0 Å². The van der Waals surface area contributed by atoms with Gasteiger partial charge in [-0.25, -0.2) is 4.98 Å². The molecule has 0 amide bonds. The molecule has 0 spiro atoms. The standard InChI is InChI=1S/C12H21N3O/c1-2-5-14-12(9-16)4-3-11(8-12)15-7-6-13-10-15/h6-7,10-11,14,16H,2-5,8-9H2,1H3. The lowest BCUT2D eigenvalue weighted by Gasteiger charge is -2.28. The van der Waals surface area contributed by atoms with E-state index in [0.29, 0.717) is 6.04 Å². The Bertz CT molecular complexity index is 312. The van der Waals surface area contributed by atoms with E-state index in [0.717, 1.165) is 32.2 Å². The van der Waals surface area contributed by atoms with Crippen LogP contribution in [0, 0.1) is 0 Å². The average Bonchev–Trinajstić information content (AvgIpc) is 2.96. The topological polar surface area (TPSA) is 50.1 Å². The van der Waals surface area contributed by atoms with E-state index in [4.69, 9.17) is 0 Å². The summed E-state index contributed by atoms with van der Waals surface area (Å²) in [5, 5.41) is 13.1. The van der Waals surface area contributed by atoms with Crippen molar-refractivity contribution in [2.75, 3.05) is 13.2 Å². The van der Waals surface area contributed by atoms with Crippen LogP contribution in [-0.4, -0.2) is 33.3 Å². The highest BCUT2D eigenvalue weighted by molar-refractivity contribution is 4.99. The lowest BCUT2D eigenvalue weighted by atomic mass is 9.98. The Balaban J connectivity index is 1.99. The summed E-state index contributed by atoms with van der Waals surface area (Å²) in [6, 6.07) is 0.485. The third-order valence-electron chi connectivity index (χ3n) is 3.58. The van der Waals surface area contributed by atoms with Crippen molar-refractivity contribution in [3.8, 4) is 0 Å². The second-order valence-electron chi connectivity index (χ2n) is 4.77. The number of aliphatic hydroxyl groups excluding tert-OH is 1. The van der Waals surface area contributed by atoms with Gasteiger partial charge in [-0.1, -0.05) is 6.92 Å². The third-order valence-corrected chi connectivity index (χ3v) is 3.58. The molecule has 2 N–H and O–H groups in total. The first-order valence-electron chi connectivity index (χ1n) is 6.13. The van der Waals surface area contributed by atoms with Gasteiger partial charge in [0.1, 0.15) is 0 Å². The lowest BCUT2D eigenvalue weighted by molar-refractivity contribution is 0.161. The van der Waals surface area contributed by atoms with Crippen LogP contribution < -0.4 is 5.32 Å². The van der Waals surface area contributed by atoms with E-state index in [1.165, 1.54) is 0 Å². The van der Waals surface area contributed by atoms with Crippen molar-refractivity contribution >= 4 is 0 Å². The summed E-state index contributed by atoms with van der Waals surface area (Å²) in [7, 11) is 0. The first-order valence-corrected chi connectivity index (χ1v) is 6.13. The molecule has 1 aliphatic rings. The molecule has 0 saturated heterocycles. The highest BCUT2D eigenvalue weighted by Crippen LogP contribution is 2.37. The highest BCUT2D eigenvalue weighted by Gasteiger charge is 2.38. The van der Waals surface area contributed by atoms with E-state index in [2.05, 4.69) is 21.8 Å². The fourth-order valence-corrected chi connectivity index (χ4v) is 2.59. The monoisotopic (exact) mass is 223 g/mol. The largest absolute Gasteiger partial charge is 0.394 e.